The molecule has 3 heterocycles. The summed E-state index contributed by atoms with van der Waals surface area (Å²) in [5.41, 5.74) is 1.83. The van der Waals surface area contributed by atoms with Crippen LogP contribution >= 0.6 is 11.8 Å². The van der Waals surface area contributed by atoms with Crippen LogP contribution in [0, 0.1) is 0 Å². The number of fused-ring (bicyclic) bond motifs is 1. The van der Waals surface area contributed by atoms with Crippen LogP contribution in [0.1, 0.15) is 25.3 Å². The zero-order valence-electron chi connectivity index (χ0n) is 17.4. The number of carbonyl (C=O) groups excluding carboxylic acids is 1. The molecule has 0 aliphatic carbocycles. The molecule has 0 unspecified atom stereocenters. The molecule has 1 amide bonds. The number of anilines is 1. The van der Waals surface area contributed by atoms with Crippen LogP contribution in [-0.4, -0.2) is 80.7 Å². The SMILES string of the molecule is CC(=O)N1CCN(CCOc2cc(OC3CCOCC3)c3c(c2)N(Cl)C=NC3)CC1. The second-order valence-corrected chi connectivity index (χ2v) is 8.18. The maximum Gasteiger partial charge on any atom is 0.219 e. The summed E-state index contributed by atoms with van der Waals surface area (Å²) < 4.78 is 19.3. The Morgan fingerprint density at radius 3 is 2.73 bits per heavy atom. The maximum atomic E-state index is 11.5. The molecule has 0 radical (unpaired) electrons. The minimum atomic E-state index is 0.130. The van der Waals surface area contributed by atoms with E-state index in [1.54, 1.807) is 13.3 Å². The van der Waals surface area contributed by atoms with Crippen molar-refractivity contribution in [2.75, 3.05) is 57.0 Å². The van der Waals surface area contributed by atoms with Gasteiger partial charge >= 0.3 is 0 Å². The number of aliphatic imine (C=N–C) groups is 1. The van der Waals surface area contributed by atoms with Crippen LogP contribution in [0.25, 0.3) is 0 Å². The molecular formula is C21H29ClN4O4. The number of halogens is 1. The Hall–Kier alpha value is -2.03. The molecule has 0 bridgehead atoms. The van der Waals surface area contributed by atoms with Gasteiger partial charge in [0.2, 0.25) is 5.91 Å². The van der Waals surface area contributed by atoms with Crippen molar-refractivity contribution in [2.24, 2.45) is 4.99 Å². The fourth-order valence-electron chi connectivity index (χ4n) is 3.96. The summed E-state index contributed by atoms with van der Waals surface area (Å²) in [6.45, 7) is 8.28. The lowest BCUT2D eigenvalue weighted by Crippen LogP contribution is -2.48. The number of carbonyl (C=O) groups is 1. The fourth-order valence-corrected chi connectivity index (χ4v) is 4.17. The molecule has 0 spiro atoms. The summed E-state index contributed by atoms with van der Waals surface area (Å²) >= 11 is 6.34. The maximum absolute atomic E-state index is 11.5. The summed E-state index contributed by atoms with van der Waals surface area (Å²) in [6.07, 6.45) is 3.49. The average Bonchev–Trinajstić information content (AvgIpc) is 2.76. The van der Waals surface area contributed by atoms with Crippen LogP contribution < -0.4 is 13.9 Å². The highest BCUT2D eigenvalue weighted by Gasteiger charge is 2.23. The Balaban J connectivity index is 1.38. The summed E-state index contributed by atoms with van der Waals surface area (Å²) in [5.74, 6) is 1.66. The van der Waals surface area contributed by atoms with Gasteiger partial charge in [0.25, 0.3) is 0 Å². The Morgan fingerprint density at radius 1 is 1.23 bits per heavy atom. The molecule has 3 aliphatic rings. The summed E-state index contributed by atoms with van der Waals surface area (Å²) in [7, 11) is 0. The molecule has 30 heavy (non-hydrogen) atoms. The van der Waals surface area contributed by atoms with Crippen molar-refractivity contribution in [1.29, 1.82) is 0 Å². The molecule has 0 saturated carbocycles. The van der Waals surface area contributed by atoms with Gasteiger partial charge in [-0.1, -0.05) is 0 Å². The van der Waals surface area contributed by atoms with Gasteiger partial charge < -0.3 is 19.1 Å². The zero-order valence-corrected chi connectivity index (χ0v) is 18.1. The monoisotopic (exact) mass is 436 g/mol. The van der Waals surface area contributed by atoms with Gasteiger partial charge in [-0.3, -0.25) is 14.7 Å². The molecule has 1 aromatic carbocycles. The minimum absolute atomic E-state index is 0.130. The number of amides is 1. The molecular weight excluding hydrogens is 408 g/mol. The fraction of sp³-hybridized carbons (Fsp3) is 0.619. The quantitative estimate of drug-likeness (QED) is 0.637. The van der Waals surface area contributed by atoms with Crippen LogP contribution in [0.5, 0.6) is 11.5 Å². The van der Waals surface area contributed by atoms with Crippen molar-refractivity contribution in [1.82, 2.24) is 9.80 Å². The number of hydrogen-bond donors (Lipinski definition) is 0. The average molecular weight is 437 g/mol. The highest BCUT2D eigenvalue weighted by molar-refractivity contribution is 6.34. The predicted octanol–water partition coefficient (Wildman–Crippen LogP) is 2.29. The third-order valence-electron chi connectivity index (χ3n) is 5.78. The van der Waals surface area contributed by atoms with Crippen molar-refractivity contribution in [3.05, 3.63) is 17.7 Å². The van der Waals surface area contributed by atoms with E-state index in [1.165, 1.54) is 4.42 Å². The van der Waals surface area contributed by atoms with Crippen LogP contribution in [-0.2, 0) is 16.1 Å². The standard InChI is InChI=1S/C21H29ClN4O4/c1-16(27)25-6-4-24(5-7-25)8-11-29-18-12-20-19(14-23-15-26(20)22)21(13-18)30-17-2-9-28-10-3-17/h12-13,15,17H,2-11,14H2,1H3. The van der Waals surface area contributed by atoms with Crippen molar-refractivity contribution in [3.63, 3.8) is 0 Å². The summed E-state index contributed by atoms with van der Waals surface area (Å²) in [6, 6.07) is 3.89. The van der Waals surface area contributed by atoms with Crippen molar-refractivity contribution in [3.8, 4) is 11.5 Å². The van der Waals surface area contributed by atoms with E-state index in [2.05, 4.69) is 9.89 Å². The second kappa shape index (κ2) is 9.85. The number of nitrogens with zero attached hydrogens (tertiary/aromatic N) is 4. The number of benzene rings is 1. The van der Waals surface area contributed by atoms with Gasteiger partial charge in [-0.15, -0.1) is 0 Å². The summed E-state index contributed by atoms with van der Waals surface area (Å²) in [4.78, 5) is 20.0. The van der Waals surface area contributed by atoms with E-state index in [1.807, 2.05) is 17.0 Å². The first-order chi connectivity index (χ1) is 14.6. The highest BCUT2D eigenvalue weighted by Crippen LogP contribution is 2.38. The van der Waals surface area contributed by atoms with Gasteiger partial charge in [0.15, 0.2) is 0 Å². The minimum Gasteiger partial charge on any atom is -0.492 e. The molecule has 3 aliphatic heterocycles. The Bertz CT molecular complexity index is 777. The van der Waals surface area contributed by atoms with E-state index in [0.29, 0.717) is 13.2 Å². The molecule has 0 aromatic heterocycles. The van der Waals surface area contributed by atoms with Crippen molar-refractivity contribution < 1.29 is 19.0 Å². The lowest BCUT2D eigenvalue weighted by Gasteiger charge is -2.34. The van der Waals surface area contributed by atoms with Gasteiger partial charge in [0.1, 0.15) is 30.5 Å². The molecule has 0 N–H and O–H groups in total. The molecule has 8 nitrogen and oxygen atoms in total. The predicted molar refractivity (Wildman–Crippen MR) is 116 cm³/mol. The first kappa shape index (κ1) is 21.2. The normalized spacial score (nSPS) is 20.2. The van der Waals surface area contributed by atoms with Crippen LogP contribution in [0.4, 0.5) is 5.69 Å². The van der Waals surface area contributed by atoms with E-state index in [4.69, 9.17) is 26.0 Å². The molecule has 1 aromatic rings. The van der Waals surface area contributed by atoms with Crippen LogP contribution in [0.2, 0.25) is 0 Å². The first-order valence-electron chi connectivity index (χ1n) is 10.6. The number of ether oxygens (including phenoxy) is 3. The van der Waals surface area contributed by atoms with E-state index in [0.717, 1.165) is 81.5 Å². The first-order valence-corrected chi connectivity index (χ1v) is 10.9. The smallest absolute Gasteiger partial charge is 0.219 e. The van der Waals surface area contributed by atoms with E-state index in [9.17, 15) is 4.79 Å². The third-order valence-corrected chi connectivity index (χ3v) is 6.05. The Morgan fingerprint density at radius 2 is 2.00 bits per heavy atom. The van der Waals surface area contributed by atoms with Crippen LogP contribution in [0.3, 0.4) is 0 Å². The van der Waals surface area contributed by atoms with E-state index >= 15 is 0 Å². The molecule has 164 valence electrons. The topological polar surface area (TPSA) is 66.8 Å². The van der Waals surface area contributed by atoms with Gasteiger partial charge in [0, 0.05) is 82.0 Å². The van der Waals surface area contributed by atoms with Crippen LogP contribution in [0.15, 0.2) is 17.1 Å². The number of piperazine rings is 1. The number of hydrogen-bond acceptors (Lipinski definition) is 7. The largest absolute Gasteiger partial charge is 0.492 e. The van der Waals surface area contributed by atoms with Gasteiger partial charge in [-0.2, -0.15) is 0 Å². The van der Waals surface area contributed by atoms with E-state index in [-0.39, 0.29) is 12.0 Å². The number of rotatable bonds is 6. The van der Waals surface area contributed by atoms with Crippen molar-refractivity contribution >= 4 is 29.7 Å². The van der Waals surface area contributed by atoms with E-state index < -0.39 is 0 Å². The molecule has 2 saturated heterocycles. The molecule has 9 heteroatoms. The zero-order chi connectivity index (χ0) is 20.9. The van der Waals surface area contributed by atoms with Gasteiger partial charge in [-0.05, 0) is 0 Å². The lowest BCUT2D eigenvalue weighted by atomic mass is 10.1. The van der Waals surface area contributed by atoms with Crippen molar-refractivity contribution in [2.45, 2.75) is 32.4 Å². The molecule has 4 rings (SSSR count). The van der Waals surface area contributed by atoms with Gasteiger partial charge in [-0.25, -0.2) is 4.42 Å². The Labute approximate surface area is 182 Å². The van der Waals surface area contributed by atoms with Gasteiger partial charge in [0.05, 0.1) is 25.4 Å². The third kappa shape index (κ3) is 5.17. The summed E-state index contributed by atoms with van der Waals surface area (Å²) in [5, 5.41) is 0. The highest BCUT2D eigenvalue weighted by atomic mass is 35.5. The molecule has 2 fully saturated rings. The lowest BCUT2D eigenvalue weighted by molar-refractivity contribution is -0.130. The second-order valence-electron chi connectivity index (χ2n) is 7.81. The molecule has 0 atom stereocenters. The Kier molecular flexibility index (Phi) is 6.97.